The lowest BCUT2D eigenvalue weighted by Crippen LogP contribution is -2.05. The lowest BCUT2D eigenvalue weighted by atomic mass is 10.1. The summed E-state index contributed by atoms with van der Waals surface area (Å²) in [6, 6.07) is 12.1. The van der Waals surface area contributed by atoms with Crippen molar-refractivity contribution in [2.75, 3.05) is 12.9 Å². The summed E-state index contributed by atoms with van der Waals surface area (Å²) in [6.45, 7) is 0.195. The molecule has 0 saturated heterocycles. The quantitative estimate of drug-likeness (QED) is 0.291. The van der Waals surface area contributed by atoms with Crippen LogP contribution in [-0.2, 0) is 16.3 Å². The molecule has 0 spiro atoms. The molecule has 0 saturated carbocycles. The third-order valence-electron chi connectivity index (χ3n) is 5.24. The van der Waals surface area contributed by atoms with Crippen molar-refractivity contribution >= 4 is 26.1 Å². The molecule has 2 aromatic carbocycles. The SMILES string of the molecule is CS(=O)(=O)c1nccc(-c2c(-c3ccc(F)c(OCCc4ccc(F)cc4)c3)nc3sccn23)n1. The van der Waals surface area contributed by atoms with Crippen LogP contribution in [0.25, 0.3) is 27.6 Å². The zero-order valence-electron chi connectivity index (χ0n) is 18.4. The highest BCUT2D eigenvalue weighted by Crippen LogP contribution is 2.35. The van der Waals surface area contributed by atoms with Crippen LogP contribution in [0.1, 0.15) is 5.56 Å². The van der Waals surface area contributed by atoms with Crippen LogP contribution in [-0.4, -0.2) is 40.6 Å². The van der Waals surface area contributed by atoms with Gasteiger partial charge in [0.05, 0.1) is 18.0 Å². The summed E-state index contributed by atoms with van der Waals surface area (Å²) in [5, 5.41) is 1.55. The Labute approximate surface area is 203 Å². The fourth-order valence-electron chi connectivity index (χ4n) is 3.57. The number of nitrogens with zero attached hydrogens (tertiary/aromatic N) is 4. The smallest absolute Gasteiger partial charge is 0.247 e. The van der Waals surface area contributed by atoms with Crippen molar-refractivity contribution in [2.24, 2.45) is 0 Å². The summed E-state index contributed by atoms with van der Waals surface area (Å²) in [5.41, 5.74) is 2.86. The summed E-state index contributed by atoms with van der Waals surface area (Å²) in [4.78, 5) is 13.4. The number of halogens is 2. The van der Waals surface area contributed by atoms with Crippen LogP contribution in [0.5, 0.6) is 5.75 Å². The van der Waals surface area contributed by atoms with Crippen LogP contribution < -0.4 is 4.74 Å². The minimum atomic E-state index is -3.62. The van der Waals surface area contributed by atoms with E-state index in [2.05, 4.69) is 15.0 Å². The van der Waals surface area contributed by atoms with Crippen molar-refractivity contribution in [3.8, 4) is 28.4 Å². The summed E-state index contributed by atoms with van der Waals surface area (Å²) >= 11 is 1.40. The summed E-state index contributed by atoms with van der Waals surface area (Å²) in [5.74, 6) is -0.806. The molecule has 3 aromatic heterocycles. The maximum atomic E-state index is 14.5. The Morgan fingerprint density at radius 3 is 2.63 bits per heavy atom. The molecule has 178 valence electrons. The Morgan fingerprint density at radius 2 is 1.86 bits per heavy atom. The molecule has 0 radical (unpaired) electrons. The summed E-state index contributed by atoms with van der Waals surface area (Å²) in [7, 11) is -3.62. The predicted molar refractivity (Wildman–Crippen MR) is 128 cm³/mol. The Morgan fingerprint density at radius 1 is 1.06 bits per heavy atom. The number of hydrogen-bond donors (Lipinski definition) is 0. The van der Waals surface area contributed by atoms with Crippen molar-refractivity contribution in [3.63, 3.8) is 0 Å². The number of fused-ring (bicyclic) bond motifs is 1. The molecule has 11 heteroatoms. The number of benzene rings is 2. The van der Waals surface area contributed by atoms with E-state index in [1.54, 1.807) is 40.9 Å². The molecule has 0 aliphatic carbocycles. The van der Waals surface area contributed by atoms with Crippen LogP contribution in [0.3, 0.4) is 0 Å². The third-order valence-corrected chi connectivity index (χ3v) is 6.85. The van der Waals surface area contributed by atoms with Crippen LogP contribution in [0.15, 0.2) is 71.5 Å². The second kappa shape index (κ2) is 9.16. The number of ether oxygens (including phenoxy) is 1. The number of thiazole rings is 1. The molecule has 0 amide bonds. The van der Waals surface area contributed by atoms with Crippen molar-refractivity contribution in [1.82, 2.24) is 19.4 Å². The van der Waals surface area contributed by atoms with Gasteiger partial charge in [-0.25, -0.2) is 32.2 Å². The summed E-state index contributed by atoms with van der Waals surface area (Å²) < 4.78 is 59.1. The van der Waals surface area contributed by atoms with Gasteiger partial charge in [0, 0.05) is 36.0 Å². The fourth-order valence-corrected chi connectivity index (χ4v) is 4.80. The molecule has 0 bridgehead atoms. The highest BCUT2D eigenvalue weighted by molar-refractivity contribution is 7.90. The first kappa shape index (κ1) is 23.1. The lowest BCUT2D eigenvalue weighted by Gasteiger charge is -2.10. The van der Waals surface area contributed by atoms with E-state index >= 15 is 0 Å². The Hall–Kier alpha value is -3.70. The van der Waals surface area contributed by atoms with Gasteiger partial charge in [-0.3, -0.25) is 4.40 Å². The minimum absolute atomic E-state index is 0.0476. The lowest BCUT2D eigenvalue weighted by molar-refractivity contribution is 0.305. The second-order valence-electron chi connectivity index (χ2n) is 7.73. The van der Waals surface area contributed by atoms with Gasteiger partial charge in [0.2, 0.25) is 15.0 Å². The Balaban J connectivity index is 1.50. The zero-order chi connectivity index (χ0) is 24.6. The van der Waals surface area contributed by atoms with E-state index in [-0.39, 0.29) is 23.3 Å². The molecular weight excluding hydrogens is 494 g/mol. The van der Waals surface area contributed by atoms with E-state index in [9.17, 15) is 17.2 Å². The number of hydrogen-bond acceptors (Lipinski definition) is 7. The van der Waals surface area contributed by atoms with Gasteiger partial charge >= 0.3 is 0 Å². The number of sulfone groups is 1. The van der Waals surface area contributed by atoms with Gasteiger partial charge < -0.3 is 4.74 Å². The summed E-state index contributed by atoms with van der Waals surface area (Å²) in [6.07, 6.45) is 4.70. The van der Waals surface area contributed by atoms with E-state index in [0.717, 1.165) is 11.8 Å². The average Bonchev–Trinajstić information content (AvgIpc) is 3.42. The maximum Gasteiger partial charge on any atom is 0.247 e. The molecule has 3 heterocycles. The van der Waals surface area contributed by atoms with Crippen molar-refractivity contribution in [1.29, 1.82) is 0 Å². The zero-order valence-corrected chi connectivity index (χ0v) is 20.0. The van der Waals surface area contributed by atoms with Gasteiger partial charge in [-0.05, 0) is 42.0 Å². The van der Waals surface area contributed by atoms with Crippen LogP contribution in [0, 0.1) is 11.6 Å². The Kier molecular flexibility index (Phi) is 6.03. The minimum Gasteiger partial charge on any atom is -0.490 e. The van der Waals surface area contributed by atoms with E-state index in [0.29, 0.717) is 34.0 Å². The predicted octanol–water partition coefficient (Wildman–Crippen LogP) is 4.82. The molecular formula is C24H18F2N4O3S2. The molecule has 7 nitrogen and oxygen atoms in total. The first-order valence-electron chi connectivity index (χ1n) is 10.5. The third kappa shape index (κ3) is 4.77. The molecule has 5 aromatic rings. The first-order chi connectivity index (χ1) is 16.8. The van der Waals surface area contributed by atoms with E-state index < -0.39 is 15.7 Å². The van der Waals surface area contributed by atoms with Gasteiger partial charge in [-0.1, -0.05) is 12.1 Å². The van der Waals surface area contributed by atoms with Crippen LogP contribution >= 0.6 is 11.3 Å². The number of rotatable bonds is 7. The number of imidazole rings is 1. The monoisotopic (exact) mass is 512 g/mol. The van der Waals surface area contributed by atoms with Gasteiger partial charge in [-0.2, -0.15) is 0 Å². The molecule has 0 unspecified atom stereocenters. The molecule has 0 atom stereocenters. The highest BCUT2D eigenvalue weighted by atomic mass is 32.2. The standard InChI is InChI=1S/C24H18F2N4O3S2/c1-35(31,32)23-27-10-8-19(28-23)22-21(29-24-30(22)11-13-34-24)16-4-7-18(26)20(14-16)33-12-9-15-2-5-17(25)6-3-15/h2-8,10-11,13-14H,9,12H2,1H3. The molecule has 5 rings (SSSR count). The van der Waals surface area contributed by atoms with Gasteiger partial charge in [-0.15, -0.1) is 11.3 Å². The molecule has 35 heavy (non-hydrogen) atoms. The van der Waals surface area contributed by atoms with E-state index in [4.69, 9.17) is 4.74 Å². The fraction of sp³-hybridized carbons (Fsp3) is 0.125. The molecule has 0 aliphatic rings. The topological polar surface area (TPSA) is 86.5 Å². The molecule has 0 aliphatic heterocycles. The van der Waals surface area contributed by atoms with Gasteiger partial charge in [0.15, 0.2) is 16.5 Å². The largest absolute Gasteiger partial charge is 0.490 e. The highest BCUT2D eigenvalue weighted by Gasteiger charge is 2.21. The average molecular weight is 513 g/mol. The van der Waals surface area contributed by atoms with Crippen LogP contribution in [0.4, 0.5) is 8.78 Å². The Bertz CT molecular complexity index is 1630. The van der Waals surface area contributed by atoms with Gasteiger partial charge in [0.25, 0.3) is 0 Å². The molecule has 0 fully saturated rings. The van der Waals surface area contributed by atoms with Crippen LogP contribution in [0.2, 0.25) is 0 Å². The van der Waals surface area contributed by atoms with Gasteiger partial charge in [0.1, 0.15) is 11.5 Å². The van der Waals surface area contributed by atoms with Crippen molar-refractivity contribution in [3.05, 3.63) is 83.5 Å². The normalized spacial score (nSPS) is 11.7. The van der Waals surface area contributed by atoms with Crippen molar-refractivity contribution in [2.45, 2.75) is 11.6 Å². The molecule has 0 N–H and O–H groups in total. The van der Waals surface area contributed by atoms with E-state index in [1.807, 2.05) is 5.38 Å². The second-order valence-corrected chi connectivity index (χ2v) is 10.5. The first-order valence-corrected chi connectivity index (χ1v) is 13.2. The van der Waals surface area contributed by atoms with Crippen molar-refractivity contribution < 1.29 is 21.9 Å². The number of aromatic nitrogens is 4. The van der Waals surface area contributed by atoms with E-state index in [1.165, 1.54) is 35.7 Å². The maximum absolute atomic E-state index is 14.5.